The standard InChI is InChI=1S/C12H17NO6S/c1-9(12(14)15)13-20(16,17)11-5-3-10(4-6-11)19-8-7-18-2/h3-6,9,13H,7-8H2,1-2H3,(H,14,15)/t9-/m0/s1. The predicted octanol–water partition coefficient (Wildman–Crippen LogP) is 0.463. The minimum Gasteiger partial charge on any atom is -0.491 e. The molecule has 0 bridgehead atoms. The van der Waals surface area contributed by atoms with Crippen molar-refractivity contribution in [2.45, 2.75) is 17.9 Å². The summed E-state index contributed by atoms with van der Waals surface area (Å²) in [4.78, 5) is 10.6. The van der Waals surface area contributed by atoms with E-state index in [-0.39, 0.29) is 4.90 Å². The third-order valence-corrected chi connectivity index (χ3v) is 3.95. The predicted molar refractivity (Wildman–Crippen MR) is 71.2 cm³/mol. The van der Waals surface area contributed by atoms with Crippen LogP contribution < -0.4 is 9.46 Å². The highest BCUT2D eigenvalue weighted by atomic mass is 32.2. The van der Waals surface area contributed by atoms with Crippen molar-refractivity contribution in [3.05, 3.63) is 24.3 Å². The molecule has 0 fully saturated rings. The van der Waals surface area contributed by atoms with E-state index in [1.54, 1.807) is 7.11 Å². The molecule has 0 aliphatic heterocycles. The first kappa shape index (κ1) is 16.4. The molecule has 0 saturated carbocycles. The van der Waals surface area contributed by atoms with Gasteiger partial charge in [0.15, 0.2) is 0 Å². The minimum atomic E-state index is -3.86. The highest BCUT2D eigenvalue weighted by Gasteiger charge is 2.21. The van der Waals surface area contributed by atoms with Gasteiger partial charge in [0, 0.05) is 7.11 Å². The van der Waals surface area contributed by atoms with Gasteiger partial charge in [-0.15, -0.1) is 0 Å². The number of benzene rings is 1. The molecule has 1 rings (SSSR count). The fourth-order valence-corrected chi connectivity index (χ4v) is 2.51. The van der Waals surface area contributed by atoms with E-state index in [2.05, 4.69) is 4.72 Å². The second kappa shape index (κ2) is 7.22. The summed E-state index contributed by atoms with van der Waals surface area (Å²) in [6.07, 6.45) is 0. The molecule has 2 N–H and O–H groups in total. The highest BCUT2D eigenvalue weighted by molar-refractivity contribution is 7.89. The highest BCUT2D eigenvalue weighted by Crippen LogP contribution is 2.16. The lowest BCUT2D eigenvalue weighted by atomic mass is 10.3. The van der Waals surface area contributed by atoms with E-state index in [4.69, 9.17) is 14.6 Å². The SMILES string of the molecule is COCCOc1ccc(S(=O)(=O)N[C@@H](C)C(=O)O)cc1. The molecular weight excluding hydrogens is 286 g/mol. The molecule has 0 amide bonds. The summed E-state index contributed by atoms with van der Waals surface area (Å²) in [5.74, 6) is -0.736. The lowest BCUT2D eigenvalue weighted by Crippen LogP contribution is -2.38. The second-order valence-electron chi connectivity index (χ2n) is 3.99. The molecule has 1 atom stereocenters. The molecule has 0 aliphatic carbocycles. The van der Waals surface area contributed by atoms with Gasteiger partial charge in [-0.1, -0.05) is 0 Å². The smallest absolute Gasteiger partial charge is 0.321 e. The zero-order chi connectivity index (χ0) is 15.2. The zero-order valence-corrected chi connectivity index (χ0v) is 12.0. The van der Waals surface area contributed by atoms with Crippen LogP contribution in [-0.4, -0.2) is 45.9 Å². The van der Waals surface area contributed by atoms with Crippen molar-refractivity contribution >= 4 is 16.0 Å². The van der Waals surface area contributed by atoms with E-state index in [9.17, 15) is 13.2 Å². The van der Waals surface area contributed by atoms with Gasteiger partial charge in [0.05, 0.1) is 11.5 Å². The number of carboxylic acids is 1. The molecule has 0 aromatic heterocycles. The number of sulfonamides is 1. The van der Waals surface area contributed by atoms with E-state index in [0.29, 0.717) is 19.0 Å². The summed E-state index contributed by atoms with van der Waals surface area (Å²) < 4.78 is 35.9. The van der Waals surface area contributed by atoms with Crippen LogP contribution in [0.1, 0.15) is 6.92 Å². The number of rotatable bonds is 8. The first-order chi connectivity index (χ1) is 9.36. The van der Waals surface area contributed by atoms with Gasteiger partial charge in [0.25, 0.3) is 0 Å². The topological polar surface area (TPSA) is 102 Å². The average molecular weight is 303 g/mol. The van der Waals surface area contributed by atoms with Gasteiger partial charge in [0.2, 0.25) is 10.0 Å². The molecule has 1 aromatic rings. The number of hydrogen-bond acceptors (Lipinski definition) is 5. The van der Waals surface area contributed by atoms with Gasteiger partial charge >= 0.3 is 5.97 Å². The molecule has 7 nitrogen and oxygen atoms in total. The first-order valence-corrected chi connectivity index (χ1v) is 7.32. The third kappa shape index (κ3) is 4.80. The van der Waals surface area contributed by atoms with Gasteiger partial charge < -0.3 is 14.6 Å². The summed E-state index contributed by atoms with van der Waals surface area (Å²) in [6, 6.07) is 4.49. The van der Waals surface area contributed by atoms with Crippen LogP contribution in [-0.2, 0) is 19.6 Å². The van der Waals surface area contributed by atoms with Crippen molar-refractivity contribution in [1.82, 2.24) is 4.72 Å². The molecule has 0 aliphatic rings. The summed E-state index contributed by atoms with van der Waals surface area (Å²) in [5.41, 5.74) is 0. The molecule has 0 heterocycles. The fraction of sp³-hybridized carbons (Fsp3) is 0.417. The number of ether oxygens (including phenoxy) is 2. The van der Waals surface area contributed by atoms with Crippen LogP contribution in [0.4, 0.5) is 0 Å². The Balaban J connectivity index is 2.74. The van der Waals surface area contributed by atoms with E-state index in [1.807, 2.05) is 0 Å². The summed E-state index contributed by atoms with van der Waals surface area (Å²) in [7, 11) is -2.31. The largest absolute Gasteiger partial charge is 0.491 e. The lowest BCUT2D eigenvalue weighted by molar-refractivity contribution is -0.138. The molecule has 0 unspecified atom stereocenters. The van der Waals surface area contributed by atoms with Crippen LogP contribution in [0.25, 0.3) is 0 Å². The Hall–Kier alpha value is -1.64. The quantitative estimate of drug-likeness (QED) is 0.677. The monoisotopic (exact) mass is 303 g/mol. The maximum Gasteiger partial charge on any atom is 0.321 e. The molecular formula is C12H17NO6S. The molecule has 20 heavy (non-hydrogen) atoms. The number of carbonyl (C=O) groups is 1. The molecule has 0 spiro atoms. The van der Waals surface area contributed by atoms with Crippen molar-refractivity contribution in [1.29, 1.82) is 0 Å². The van der Waals surface area contributed by atoms with Crippen LogP contribution in [0.3, 0.4) is 0 Å². The van der Waals surface area contributed by atoms with Crippen LogP contribution in [0.15, 0.2) is 29.2 Å². The fourth-order valence-electron chi connectivity index (χ4n) is 1.31. The summed E-state index contributed by atoms with van der Waals surface area (Å²) in [6.45, 7) is 2.04. The van der Waals surface area contributed by atoms with Crippen LogP contribution >= 0.6 is 0 Å². The Morgan fingerprint density at radius 3 is 2.40 bits per heavy atom. The second-order valence-corrected chi connectivity index (χ2v) is 5.71. The Morgan fingerprint density at radius 1 is 1.30 bits per heavy atom. The third-order valence-electron chi connectivity index (χ3n) is 2.39. The maximum atomic E-state index is 11.9. The van der Waals surface area contributed by atoms with Crippen LogP contribution in [0.2, 0.25) is 0 Å². The van der Waals surface area contributed by atoms with Crippen LogP contribution in [0, 0.1) is 0 Å². The van der Waals surface area contributed by atoms with Gasteiger partial charge in [-0.05, 0) is 31.2 Å². The maximum absolute atomic E-state index is 11.9. The summed E-state index contributed by atoms with van der Waals surface area (Å²) >= 11 is 0. The molecule has 0 saturated heterocycles. The van der Waals surface area contributed by atoms with Gasteiger partial charge in [-0.3, -0.25) is 4.79 Å². The normalized spacial score (nSPS) is 12.9. The zero-order valence-electron chi connectivity index (χ0n) is 11.2. The lowest BCUT2D eigenvalue weighted by Gasteiger charge is -2.11. The molecule has 112 valence electrons. The van der Waals surface area contributed by atoms with Crippen LogP contribution in [0.5, 0.6) is 5.75 Å². The Kier molecular flexibility index (Phi) is 5.93. The Bertz CT molecular complexity index is 540. The molecule has 1 aromatic carbocycles. The Morgan fingerprint density at radius 2 is 1.90 bits per heavy atom. The number of carboxylic acid groups (broad SMARTS) is 1. The van der Waals surface area contributed by atoms with Crippen molar-refractivity contribution < 1.29 is 27.8 Å². The van der Waals surface area contributed by atoms with Crippen molar-refractivity contribution in [3.8, 4) is 5.75 Å². The van der Waals surface area contributed by atoms with E-state index in [1.165, 1.54) is 31.2 Å². The number of nitrogens with one attached hydrogen (secondary N) is 1. The number of methoxy groups -OCH3 is 1. The van der Waals surface area contributed by atoms with Gasteiger partial charge in [-0.25, -0.2) is 8.42 Å². The van der Waals surface area contributed by atoms with Crippen molar-refractivity contribution in [2.75, 3.05) is 20.3 Å². The minimum absolute atomic E-state index is 0.0234. The number of hydrogen-bond donors (Lipinski definition) is 2. The summed E-state index contributed by atoms with van der Waals surface area (Å²) in [5, 5.41) is 8.70. The van der Waals surface area contributed by atoms with E-state index in [0.717, 1.165) is 0 Å². The molecule has 8 heteroatoms. The van der Waals surface area contributed by atoms with E-state index >= 15 is 0 Å². The first-order valence-electron chi connectivity index (χ1n) is 5.84. The van der Waals surface area contributed by atoms with E-state index < -0.39 is 22.0 Å². The number of aliphatic carboxylic acids is 1. The van der Waals surface area contributed by atoms with Crippen molar-refractivity contribution in [3.63, 3.8) is 0 Å². The average Bonchev–Trinajstić information content (AvgIpc) is 2.39. The van der Waals surface area contributed by atoms with Gasteiger partial charge in [0.1, 0.15) is 18.4 Å². The molecule has 0 radical (unpaired) electrons. The van der Waals surface area contributed by atoms with Gasteiger partial charge in [-0.2, -0.15) is 4.72 Å². The van der Waals surface area contributed by atoms with Crippen molar-refractivity contribution in [2.24, 2.45) is 0 Å². The Labute approximate surface area is 117 Å².